The minimum atomic E-state index is -3.25. The van der Waals surface area contributed by atoms with Gasteiger partial charge < -0.3 is 5.11 Å². The van der Waals surface area contributed by atoms with E-state index in [9.17, 15) is 8.42 Å². The lowest BCUT2D eigenvalue weighted by Crippen LogP contribution is -2.28. The number of aromatic nitrogens is 1. The number of aryl methyl sites for hydroxylation is 1. The Kier molecular flexibility index (Phi) is 5.37. The number of sulfonamides is 1. The number of nitrogens with zero attached hydrogens (tertiary/aromatic N) is 1. The number of aliphatic hydroxyl groups excluding tert-OH is 1. The average molecular weight is 244 g/mol. The highest BCUT2D eigenvalue weighted by Gasteiger charge is 2.09. The van der Waals surface area contributed by atoms with E-state index < -0.39 is 10.0 Å². The van der Waals surface area contributed by atoms with Gasteiger partial charge in [0.2, 0.25) is 10.0 Å². The monoisotopic (exact) mass is 244 g/mol. The number of nitrogens with one attached hydrogen (secondary N) is 1. The SMILES string of the molecule is O=S(=O)(CCc1ccccn1)NCCCO. The molecule has 90 valence electrons. The van der Waals surface area contributed by atoms with Crippen molar-refractivity contribution in [3.63, 3.8) is 0 Å². The first-order chi connectivity index (χ1) is 7.64. The highest BCUT2D eigenvalue weighted by molar-refractivity contribution is 7.89. The Morgan fingerprint density at radius 1 is 1.38 bits per heavy atom. The summed E-state index contributed by atoms with van der Waals surface area (Å²) in [5.74, 6) is 0.0233. The molecule has 0 saturated carbocycles. The number of hydrogen-bond donors (Lipinski definition) is 2. The second kappa shape index (κ2) is 6.57. The zero-order valence-corrected chi connectivity index (χ0v) is 9.78. The first kappa shape index (κ1) is 13.1. The van der Waals surface area contributed by atoms with Gasteiger partial charge >= 0.3 is 0 Å². The topological polar surface area (TPSA) is 79.3 Å². The molecule has 0 aliphatic heterocycles. The van der Waals surface area contributed by atoms with Crippen molar-refractivity contribution in [3.8, 4) is 0 Å². The van der Waals surface area contributed by atoms with Gasteiger partial charge in [-0.05, 0) is 18.6 Å². The number of pyridine rings is 1. The molecule has 0 fully saturated rings. The van der Waals surface area contributed by atoms with Gasteiger partial charge in [0.25, 0.3) is 0 Å². The maximum atomic E-state index is 11.5. The summed E-state index contributed by atoms with van der Waals surface area (Å²) >= 11 is 0. The van der Waals surface area contributed by atoms with Gasteiger partial charge in [0.1, 0.15) is 0 Å². The standard InChI is InChI=1S/C10H16N2O3S/c13-8-3-7-12-16(14,15)9-5-10-4-1-2-6-11-10/h1-2,4,6,12-13H,3,5,7-9H2. The van der Waals surface area contributed by atoms with Crippen molar-refractivity contribution in [2.24, 2.45) is 0 Å². The summed E-state index contributed by atoms with van der Waals surface area (Å²) in [6, 6.07) is 5.41. The molecule has 16 heavy (non-hydrogen) atoms. The van der Waals surface area contributed by atoms with E-state index in [0.717, 1.165) is 5.69 Å². The molecule has 0 spiro atoms. The molecule has 0 unspecified atom stereocenters. The van der Waals surface area contributed by atoms with E-state index in [4.69, 9.17) is 5.11 Å². The quantitative estimate of drug-likeness (QED) is 0.658. The van der Waals surface area contributed by atoms with Crippen LogP contribution in [0.3, 0.4) is 0 Å². The van der Waals surface area contributed by atoms with Crippen LogP contribution in [0.15, 0.2) is 24.4 Å². The molecule has 1 aromatic heterocycles. The summed E-state index contributed by atoms with van der Waals surface area (Å²) in [5.41, 5.74) is 0.759. The van der Waals surface area contributed by atoms with E-state index in [1.807, 2.05) is 6.07 Å². The second-order valence-corrected chi connectivity index (χ2v) is 5.29. The van der Waals surface area contributed by atoms with E-state index in [2.05, 4.69) is 9.71 Å². The molecule has 0 amide bonds. The molecule has 2 N–H and O–H groups in total. The fraction of sp³-hybridized carbons (Fsp3) is 0.500. The van der Waals surface area contributed by atoms with Gasteiger partial charge in [0.05, 0.1) is 5.75 Å². The summed E-state index contributed by atoms with van der Waals surface area (Å²) in [7, 11) is -3.25. The molecule has 1 aromatic rings. The normalized spacial score (nSPS) is 11.6. The zero-order chi connectivity index (χ0) is 11.9. The molecule has 5 nitrogen and oxygen atoms in total. The second-order valence-electron chi connectivity index (χ2n) is 3.36. The summed E-state index contributed by atoms with van der Waals surface area (Å²) in [4.78, 5) is 4.05. The van der Waals surface area contributed by atoms with Gasteiger partial charge in [-0.3, -0.25) is 4.98 Å². The van der Waals surface area contributed by atoms with Crippen LogP contribution in [0.5, 0.6) is 0 Å². The lowest BCUT2D eigenvalue weighted by atomic mass is 10.3. The van der Waals surface area contributed by atoms with E-state index >= 15 is 0 Å². The van der Waals surface area contributed by atoms with E-state index in [0.29, 0.717) is 12.8 Å². The highest BCUT2D eigenvalue weighted by atomic mass is 32.2. The van der Waals surface area contributed by atoms with Crippen molar-refractivity contribution in [2.45, 2.75) is 12.8 Å². The fourth-order valence-electron chi connectivity index (χ4n) is 1.16. The van der Waals surface area contributed by atoms with Crippen LogP contribution in [0.2, 0.25) is 0 Å². The zero-order valence-electron chi connectivity index (χ0n) is 8.96. The van der Waals surface area contributed by atoms with Gasteiger partial charge in [-0.25, -0.2) is 13.1 Å². The summed E-state index contributed by atoms with van der Waals surface area (Å²) < 4.78 is 25.3. The number of rotatable bonds is 7. The van der Waals surface area contributed by atoms with E-state index in [-0.39, 0.29) is 18.9 Å². The van der Waals surface area contributed by atoms with E-state index in [1.54, 1.807) is 18.3 Å². The van der Waals surface area contributed by atoms with Crippen molar-refractivity contribution in [1.29, 1.82) is 0 Å². The van der Waals surface area contributed by atoms with Crippen LogP contribution in [-0.2, 0) is 16.4 Å². The molecule has 1 heterocycles. The predicted octanol–water partition coefficient (Wildman–Crippen LogP) is -0.0741. The number of hydrogen-bond acceptors (Lipinski definition) is 4. The maximum absolute atomic E-state index is 11.5. The molecular formula is C10H16N2O3S. The van der Waals surface area contributed by atoms with Crippen LogP contribution < -0.4 is 4.72 Å². The van der Waals surface area contributed by atoms with Crippen LogP contribution in [0, 0.1) is 0 Å². The third-order valence-corrected chi connectivity index (χ3v) is 3.40. The first-order valence-corrected chi connectivity index (χ1v) is 6.77. The van der Waals surface area contributed by atoms with Gasteiger partial charge in [0, 0.05) is 31.5 Å². The Labute approximate surface area is 95.6 Å². The molecule has 0 aliphatic carbocycles. The minimum absolute atomic E-state index is 0.0111. The Balaban J connectivity index is 2.36. The Morgan fingerprint density at radius 2 is 2.19 bits per heavy atom. The van der Waals surface area contributed by atoms with Crippen LogP contribution in [0.4, 0.5) is 0 Å². The van der Waals surface area contributed by atoms with Crippen LogP contribution >= 0.6 is 0 Å². The molecule has 0 saturated heterocycles. The Hall–Kier alpha value is -0.980. The molecular weight excluding hydrogens is 228 g/mol. The van der Waals surface area contributed by atoms with Gasteiger partial charge in [-0.2, -0.15) is 0 Å². The van der Waals surface area contributed by atoms with Crippen molar-refractivity contribution >= 4 is 10.0 Å². The minimum Gasteiger partial charge on any atom is -0.396 e. The lowest BCUT2D eigenvalue weighted by Gasteiger charge is -2.05. The van der Waals surface area contributed by atoms with E-state index in [1.165, 1.54) is 0 Å². The first-order valence-electron chi connectivity index (χ1n) is 5.12. The van der Waals surface area contributed by atoms with Crippen molar-refractivity contribution in [3.05, 3.63) is 30.1 Å². The van der Waals surface area contributed by atoms with Gasteiger partial charge in [-0.1, -0.05) is 6.07 Å². The highest BCUT2D eigenvalue weighted by Crippen LogP contribution is 1.97. The summed E-state index contributed by atoms with van der Waals surface area (Å²) in [6.45, 7) is 0.268. The number of aliphatic hydroxyl groups is 1. The fourth-order valence-corrected chi connectivity index (χ4v) is 2.24. The lowest BCUT2D eigenvalue weighted by molar-refractivity contribution is 0.289. The largest absolute Gasteiger partial charge is 0.396 e. The molecule has 0 aromatic carbocycles. The van der Waals surface area contributed by atoms with Crippen LogP contribution in [0.1, 0.15) is 12.1 Å². The predicted molar refractivity (Wildman–Crippen MR) is 61.4 cm³/mol. The van der Waals surface area contributed by atoms with Gasteiger partial charge in [0.15, 0.2) is 0 Å². The molecule has 0 atom stereocenters. The third kappa shape index (κ3) is 5.20. The van der Waals surface area contributed by atoms with Crippen molar-refractivity contribution < 1.29 is 13.5 Å². The molecule has 1 rings (SSSR count). The molecule has 0 bridgehead atoms. The Bertz CT molecular complexity index is 392. The Morgan fingerprint density at radius 3 is 2.81 bits per heavy atom. The average Bonchev–Trinajstić information content (AvgIpc) is 2.28. The van der Waals surface area contributed by atoms with Crippen LogP contribution in [0.25, 0.3) is 0 Å². The molecule has 0 radical (unpaired) electrons. The molecule has 0 aliphatic rings. The van der Waals surface area contributed by atoms with Crippen LogP contribution in [-0.4, -0.2) is 37.4 Å². The maximum Gasteiger partial charge on any atom is 0.211 e. The summed E-state index contributed by atoms with van der Waals surface area (Å²) in [6.07, 6.45) is 2.47. The summed E-state index contributed by atoms with van der Waals surface area (Å²) in [5, 5.41) is 8.53. The van der Waals surface area contributed by atoms with Crippen molar-refractivity contribution in [1.82, 2.24) is 9.71 Å². The molecule has 6 heteroatoms. The van der Waals surface area contributed by atoms with Gasteiger partial charge in [-0.15, -0.1) is 0 Å². The smallest absolute Gasteiger partial charge is 0.211 e. The third-order valence-electron chi connectivity index (χ3n) is 2.01. The van der Waals surface area contributed by atoms with Crippen molar-refractivity contribution in [2.75, 3.05) is 18.9 Å².